The average Bonchev–Trinajstić information content (AvgIpc) is 2.47. The van der Waals surface area contributed by atoms with E-state index in [4.69, 9.17) is 11.6 Å². The number of anilines is 2. The summed E-state index contributed by atoms with van der Waals surface area (Å²) in [7, 11) is 0. The average molecular weight is 228 g/mol. The summed E-state index contributed by atoms with van der Waals surface area (Å²) in [5.74, 6) is 0. The molecular formula is C14H10ClN. The Balaban J connectivity index is 2.18. The molecule has 0 spiro atoms. The van der Waals surface area contributed by atoms with Crippen LogP contribution in [-0.4, -0.2) is 0 Å². The Kier molecular flexibility index (Phi) is 2.19. The van der Waals surface area contributed by atoms with Crippen molar-refractivity contribution in [3.63, 3.8) is 0 Å². The number of nitrogens with one attached hydrogen (secondary N) is 1. The summed E-state index contributed by atoms with van der Waals surface area (Å²) >= 11 is 5.99. The van der Waals surface area contributed by atoms with Crippen LogP contribution < -0.4 is 5.32 Å². The van der Waals surface area contributed by atoms with Gasteiger partial charge in [-0.15, -0.1) is 0 Å². The van der Waals surface area contributed by atoms with Gasteiger partial charge in [0.05, 0.1) is 0 Å². The van der Waals surface area contributed by atoms with Gasteiger partial charge in [0, 0.05) is 16.4 Å². The van der Waals surface area contributed by atoms with Crippen LogP contribution in [-0.2, 0) is 0 Å². The van der Waals surface area contributed by atoms with Gasteiger partial charge in [-0.1, -0.05) is 48.0 Å². The summed E-state index contributed by atoms with van der Waals surface area (Å²) in [6.45, 7) is 0. The van der Waals surface area contributed by atoms with E-state index < -0.39 is 0 Å². The van der Waals surface area contributed by atoms with Crippen molar-refractivity contribution in [3.05, 3.63) is 58.6 Å². The van der Waals surface area contributed by atoms with Crippen LogP contribution in [0.2, 0.25) is 5.02 Å². The molecule has 3 rings (SSSR count). The predicted octanol–water partition coefficient (Wildman–Crippen LogP) is 4.57. The molecule has 2 aromatic carbocycles. The summed E-state index contributed by atoms with van der Waals surface area (Å²) in [6.07, 6.45) is 4.21. The first-order valence-electron chi connectivity index (χ1n) is 5.17. The lowest BCUT2D eigenvalue weighted by Gasteiger charge is -2.09. The first-order valence-corrected chi connectivity index (χ1v) is 5.54. The van der Waals surface area contributed by atoms with E-state index in [1.807, 2.05) is 30.3 Å². The summed E-state index contributed by atoms with van der Waals surface area (Å²) in [5.41, 5.74) is 4.50. The van der Waals surface area contributed by atoms with Gasteiger partial charge in [0.1, 0.15) is 0 Å². The van der Waals surface area contributed by atoms with Gasteiger partial charge >= 0.3 is 0 Å². The third kappa shape index (κ3) is 1.59. The molecule has 1 aliphatic rings. The predicted molar refractivity (Wildman–Crippen MR) is 70.1 cm³/mol. The zero-order chi connectivity index (χ0) is 11.0. The van der Waals surface area contributed by atoms with Crippen molar-refractivity contribution in [3.8, 4) is 0 Å². The monoisotopic (exact) mass is 227 g/mol. The van der Waals surface area contributed by atoms with E-state index in [0.717, 1.165) is 22.0 Å². The van der Waals surface area contributed by atoms with Crippen molar-refractivity contribution in [2.45, 2.75) is 0 Å². The number of hydrogen-bond donors (Lipinski definition) is 1. The van der Waals surface area contributed by atoms with Crippen LogP contribution in [0.25, 0.3) is 12.2 Å². The Bertz CT molecular complexity index is 573. The van der Waals surface area contributed by atoms with Gasteiger partial charge in [-0.3, -0.25) is 0 Å². The lowest BCUT2D eigenvalue weighted by molar-refractivity contribution is 1.53. The second kappa shape index (κ2) is 3.69. The molecule has 0 saturated heterocycles. The molecule has 2 heteroatoms. The third-order valence-electron chi connectivity index (χ3n) is 2.69. The number of fused-ring (bicyclic) bond motifs is 2. The van der Waals surface area contributed by atoms with Gasteiger partial charge in [0.2, 0.25) is 0 Å². The quantitative estimate of drug-likeness (QED) is 0.593. The third-order valence-corrected chi connectivity index (χ3v) is 2.92. The van der Waals surface area contributed by atoms with Crippen molar-refractivity contribution in [2.75, 3.05) is 5.32 Å². The highest BCUT2D eigenvalue weighted by Gasteiger charge is 2.07. The van der Waals surface area contributed by atoms with Gasteiger partial charge in [0.25, 0.3) is 0 Å². The van der Waals surface area contributed by atoms with E-state index >= 15 is 0 Å². The van der Waals surface area contributed by atoms with Gasteiger partial charge < -0.3 is 5.32 Å². The minimum atomic E-state index is 0.749. The number of hydrogen-bond acceptors (Lipinski definition) is 1. The van der Waals surface area contributed by atoms with Crippen molar-refractivity contribution in [2.24, 2.45) is 0 Å². The van der Waals surface area contributed by atoms with Crippen LogP contribution in [0, 0.1) is 0 Å². The largest absolute Gasteiger partial charge is 0.355 e. The minimum Gasteiger partial charge on any atom is -0.355 e. The Morgan fingerprint density at radius 1 is 0.812 bits per heavy atom. The summed E-state index contributed by atoms with van der Waals surface area (Å²) in [4.78, 5) is 0. The molecule has 0 aliphatic carbocycles. The normalized spacial score (nSPS) is 12.3. The number of rotatable bonds is 0. The van der Waals surface area contributed by atoms with Gasteiger partial charge in [-0.2, -0.15) is 0 Å². The molecule has 0 atom stereocenters. The molecule has 1 aliphatic heterocycles. The Hall–Kier alpha value is -1.73. The van der Waals surface area contributed by atoms with Gasteiger partial charge in [-0.05, 0) is 29.3 Å². The Labute approximate surface area is 99.4 Å². The molecule has 16 heavy (non-hydrogen) atoms. The number of halogens is 1. The smallest absolute Gasteiger partial charge is 0.0472 e. The molecule has 0 radical (unpaired) electrons. The van der Waals surface area contributed by atoms with Crippen LogP contribution in [0.3, 0.4) is 0 Å². The maximum atomic E-state index is 5.99. The van der Waals surface area contributed by atoms with Crippen molar-refractivity contribution < 1.29 is 0 Å². The SMILES string of the molecule is Clc1ccc2c(c1)Nc1ccccc1C=C2. The second-order valence-corrected chi connectivity index (χ2v) is 4.21. The second-order valence-electron chi connectivity index (χ2n) is 3.78. The fraction of sp³-hybridized carbons (Fsp3) is 0. The number of para-hydroxylation sites is 1. The summed E-state index contributed by atoms with van der Waals surface area (Å²) < 4.78 is 0. The molecule has 1 heterocycles. The van der Waals surface area contributed by atoms with Crippen LogP contribution in [0.4, 0.5) is 11.4 Å². The van der Waals surface area contributed by atoms with Crippen molar-refractivity contribution in [1.82, 2.24) is 0 Å². The highest BCUT2D eigenvalue weighted by molar-refractivity contribution is 6.31. The molecule has 0 saturated carbocycles. The first-order chi connectivity index (χ1) is 7.83. The van der Waals surface area contributed by atoms with E-state index in [0.29, 0.717) is 0 Å². The molecule has 0 aromatic heterocycles. The molecule has 0 bridgehead atoms. The van der Waals surface area contributed by atoms with E-state index in [1.54, 1.807) is 0 Å². The molecule has 0 amide bonds. The zero-order valence-corrected chi connectivity index (χ0v) is 9.33. The van der Waals surface area contributed by atoms with Gasteiger partial charge in [0.15, 0.2) is 0 Å². The molecule has 2 aromatic rings. The summed E-state index contributed by atoms with van der Waals surface area (Å²) in [6, 6.07) is 14.1. The zero-order valence-electron chi connectivity index (χ0n) is 8.57. The standard InChI is InChI=1S/C14H10ClN/c15-12-8-7-11-6-5-10-3-1-2-4-13(10)16-14(11)9-12/h1-9,16H. The molecule has 0 fully saturated rings. The first kappa shape index (κ1) is 9.49. The van der Waals surface area contributed by atoms with Crippen LogP contribution in [0.15, 0.2) is 42.5 Å². The Morgan fingerprint density at radius 2 is 1.56 bits per heavy atom. The molecule has 1 N–H and O–H groups in total. The fourth-order valence-electron chi connectivity index (χ4n) is 1.86. The van der Waals surface area contributed by atoms with Crippen LogP contribution in [0.1, 0.15) is 11.1 Å². The topological polar surface area (TPSA) is 12.0 Å². The highest BCUT2D eigenvalue weighted by Crippen LogP contribution is 2.31. The summed E-state index contributed by atoms with van der Waals surface area (Å²) in [5, 5.41) is 4.15. The van der Waals surface area contributed by atoms with E-state index in [2.05, 4.69) is 29.6 Å². The van der Waals surface area contributed by atoms with E-state index in [-0.39, 0.29) is 0 Å². The van der Waals surface area contributed by atoms with Crippen molar-refractivity contribution >= 4 is 35.1 Å². The Morgan fingerprint density at radius 3 is 2.44 bits per heavy atom. The van der Waals surface area contributed by atoms with Crippen LogP contribution in [0.5, 0.6) is 0 Å². The molecular weight excluding hydrogens is 218 g/mol. The lowest BCUT2D eigenvalue weighted by Crippen LogP contribution is -1.92. The van der Waals surface area contributed by atoms with E-state index in [9.17, 15) is 0 Å². The lowest BCUT2D eigenvalue weighted by atomic mass is 10.1. The fourth-order valence-corrected chi connectivity index (χ4v) is 2.04. The van der Waals surface area contributed by atoms with Gasteiger partial charge in [-0.25, -0.2) is 0 Å². The minimum absolute atomic E-state index is 0.749. The van der Waals surface area contributed by atoms with Crippen molar-refractivity contribution in [1.29, 1.82) is 0 Å². The molecule has 0 unspecified atom stereocenters. The molecule has 1 nitrogen and oxygen atoms in total. The highest BCUT2D eigenvalue weighted by atomic mass is 35.5. The maximum absolute atomic E-state index is 5.99. The number of benzene rings is 2. The molecule has 78 valence electrons. The maximum Gasteiger partial charge on any atom is 0.0472 e. The van der Waals surface area contributed by atoms with E-state index in [1.165, 1.54) is 5.56 Å². The van der Waals surface area contributed by atoms with Crippen LogP contribution >= 0.6 is 11.6 Å².